The van der Waals surface area contributed by atoms with Crippen LogP contribution in [-0.4, -0.2) is 38.3 Å². The van der Waals surface area contributed by atoms with E-state index in [0.29, 0.717) is 17.9 Å². The first-order valence-corrected chi connectivity index (χ1v) is 9.49. The first kappa shape index (κ1) is 19.2. The van der Waals surface area contributed by atoms with E-state index in [9.17, 15) is 8.42 Å². The minimum Gasteiger partial charge on any atom is -0.447 e. The van der Waals surface area contributed by atoms with E-state index in [1.54, 1.807) is 18.2 Å². The van der Waals surface area contributed by atoms with E-state index in [4.69, 9.17) is 9.68 Å². The monoisotopic (exact) mass is 361 g/mol. The van der Waals surface area contributed by atoms with Crippen molar-refractivity contribution in [2.24, 2.45) is 0 Å². The number of nitrogens with zero attached hydrogens (tertiary/aromatic N) is 3. The van der Waals surface area contributed by atoms with E-state index in [2.05, 4.69) is 17.9 Å². The molecule has 134 valence electrons. The molecule has 0 amide bonds. The zero-order chi connectivity index (χ0) is 18.6. The number of sulfonamides is 1. The summed E-state index contributed by atoms with van der Waals surface area (Å²) in [6, 6.07) is 12.9. The molecule has 0 spiro atoms. The average Bonchev–Trinajstić information content (AvgIpc) is 3.08. The summed E-state index contributed by atoms with van der Waals surface area (Å²) in [5.74, 6) is 0.600. The minimum atomic E-state index is -3.56. The van der Waals surface area contributed by atoms with Crippen LogP contribution in [0.25, 0.3) is 0 Å². The van der Waals surface area contributed by atoms with Crippen LogP contribution in [0.4, 0.5) is 0 Å². The summed E-state index contributed by atoms with van der Waals surface area (Å²) in [5, 5.41) is 8.85. The molecule has 0 aliphatic heterocycles. The number of benzene rings is 1. The summed E-state index contributed by atoms with van der Waals surface area (Å²) >= 11 is 0. The Kier molecular flexibility index (Phi) is 6.01. The van der Waals surface area contributed by atoms with Gasteiger partial charge in [-0.25, -0.2) is 12.7 Å². The molecule has 2 rings (SSSR count). The molecule has 0 saturated carbocycles. The van der Waals surface area contributed by atoms with Gasteiger partial charge in [-0.05, 0) is 43.3 Å². The smallest absolute Gasteiger partial charge is 0.275 e. The Morgan fingerprint density at radius 1 is 1.16 bits per heavy atom. The maximum atomic E-state index is 12.1. The van der Waals surface area contributed by atoms with E-state index >= 15 is 0 Å². The van der Waals surface area contributed by atoms with Gasteiger partial charge >= 0.3 is 0 Å². The third kappa shape index (κ3) is 4.28. The molecule has 1 atom stereocenters. The molecule has 1 heterocycles. The molecule has 1 aromatic carbocycles. The summed E-state index contributed by atoms with van der Waals surface area (Å²) in [5.41, 5.74) is 1.72. The third-order valence-electron chi connectivity index (χ3n) is 4.21. The van der Waals surface area contributed by atoms with Crippen molar-refractivity contribution in [3.8, 4) is 6.07 Å². The highest BCUT2D eigenvalue weighted by atomic mass is 32.2. The lowest BCUT2D eigenvalue weighted by Crippen LogP contribution is -2.26. The van der Waals surface area contributed by atoms with E-state index in [1.165, 1.54) is 20.2 Å². The van der Waals surface area contributed by atoms with Crippen LogP contribution in [0.15, 0.2) is 45.9 Å². The maximum absolute atomic E-state index is 12.1. The topological polar surface area (TPSA) is 77.6 Å². The van der Waals surface area contributed by atoms with Gasteiger partial charge in [0, 0.05) is 20.1 Å². The van der Waals surface area contributed by atoms with Crippen LogP contribution < -0.4 is 0 Å². The highest BCUT2D eigenvalue weighted by Gasteiger charge is 2.23. The third-order valence-corrected chi connectivity index (χ3v) is 5.90. The Balaban J connectivity index is 2.16. The molecular formula is C18H23N3O3S. The van der Waals surface area contributed by atoms with Crippen molar-refractivity contribution < 1.29 is 12.8 Å². The molecule has 0 aliphatic rings. The van der Waals surface area contributed by atoms with Crippen molar-refractivity contribution in [3.63, 3.8) is 0 Å². The fourth-order valence-electron chi connectivity index (χ4n) is 2.53. The number of furan rings is 1. The number of hydrogen-bond donors (Lipinski definition) is 0. The number of nitriles is 1. The summed E-state index contributed by atoms with van der Waals surface area (Å²) in [6.45, 7) is 5.39. The fourth-order valence-corrected chi connectivity index (χ4v) is 3.34. The molecule has 0 saturated heterocycles. The van der Waals surface area contributed by atoms with E-state index in [1.807, 2.05) is 19.1 Å². The van der Waals surface area contributed by atoms with Crippen LogP contribution in [0.5, 0.6) is 0 Å². The molecule has 0 N–H and O–H groups in total. The Bertz CT molecular complexity index is 848. The van der Waals surface area contributed by atoms with Crippen molar-refractivity contribution in [1.82, 2.24) is 9.21 Å². The normalized spacial score (nSPS) is 13.2. The molecule has 1 aromatic heterocycles. The summed E-state index contributed by atoms with van der Waals surface area (Å²) in [4.78, 5) is 2.17. The Morgan fingerprint density at radius 3 is 2.32 bits per heavy atom. The van der Waals surface area contributed by atoms with Crippen molar-refractivity contribution >= 4 is 10.0 Å². The van der Waals surface area contributed by atoms with Crippen molar-refractivity contribution in [1.29, 1.82) is 5.26 Å². The summed E-state index contributed by atoms with van der Waals surface area (Å²) < 4.78 is 30.9. The van der Waals surface area contributed by atoms with Gasteiger partial charge in [0.1, 0.15) is 5.76 Å². The van der Waals surface area contributed by atoms with Gasteiger partial charge in [0.2, 0.25) is 5.09 Å². The van der Waals surface area contributed by atoms with Crippen LogP contribution in [0, 0.1) is 11.3 Å². The first-order chi connectivity index (χ1) is 11.8. The summed E-state index contributed by atoms with van der Waals surface area (Å²) in [6.07, 6.45) is 0. The van der Waals surface area contributed by atoms with E-state index < -0.39 is 10.0 Å². The van der Waals surface area contributed by atoms with Gasteiger partial charge in [-0.3, -0.25) is 4.90 Å². The Labute approximate surface area is 149 Å². The highest BCUT2D eigenvalue weighted by molar-refractivity contribution is 7.88. The standard InChI is InChI=1S/C18H23N3O3S/c1-5-21(14(2)16-8-6-15(12-19)7-9-16)13-17-10-11-18(24-17)25(22,23)20(3)4/h6-11,14H,5,13H2,1-4H3. The van der Waals surface area contributed by atoms with Gasteiger partial charge < -0.3 is 4.42 Å². The SMILES string of the molecule is CCN(Cc1ccc(S(=O)(=O)N(C)C)o1)C(C)c1ccc(C#N)cc1. The lowest BCUT2D eigenvalue weighted by molar-refractivity contribution is 0.191. The molecule has 6 nitrogen and oxygen atoms in total. The molecule has 7 heteroatoms. The fraction of sp³-hybridized carbons (Fsp3) is 0.389. The molecule has 2 aromatic rings. The van der Waals surface area contributed by atoms with Gasteiger partial charge in [0.05, 0.1) is 18.2 Å². The van der Waals surface area contributed by atoms with Crippen LogP contribution in [0.1, 0.15) is 36.8 Å². The van der Waals surface area contributed by atoms with Crippen molar-refractivity contribution in [2.45, 2.75) is 31.5 Å². The predicted octanol–water partition coefficient (Wildman–Crippen LogP) is 2.98. The van der Waals surface area contributed by atoms with Gasteiger partial charge in [0.25, 0.3) is 10.0 Å². The van der Waals surface area contributed by atoms with Crippen molar-refractivity contribution in [2.75, 3.05) is 20.6 Å². The zero-order valence-electron chi connectivity index (χ0n) is 14.9. The first-order valence-electron chi connectivity index (χ1n) is 8.05. The molecule has 25 heavy (non-hydrogen) atoms. The zero-order valence-corrected chi connectivity index (χ0v) is 15.7. The van der Waals surface area contributed by atoms with E-state index in [0.717, 1.165) is 16.4 Å². The largest absolute Gasteiger partial charge is 0.447 e. The minimum absolute atomic E-state index is 0.0467. The Morgan fingerprint density at radius 2 is 1.80 bits per heavy atom. The van der Waals surface area contributed by atoms with E-state index in [-0.39, 0.29) is 11.1 Å². The lowest BCUT2D eigenvalue weighted by Gasteiger charge is -2.27. The van der Waals surface area contributed by atoms with Gasteiger partial charge in [-0.1, -0.05) is 19.1 Å². The van der Waals surface area contributed by atoms with Crippen LogP contribution in [-0.2, 0) is 16.6 Å². The predicted molar refractivity (Wildman–Crippen MR) is 95.2 cm³/mol. The molecule has 0 fully saturated rings. The van der Waals surface area contributed by atoms with Crippen LogP contribution >= 0.6 is 0 Å². The van der Waals surface area contributed by atoms with Crippen LogP contribution in [0.3, 0.4) is 0 Å². The average molecular weight is 361 g/mol. The highest BCUT2D eigenvalue weighted by Crippen LogP contribution is 2.24. The molecule has 1 unspecified atom stereocenters. The van der Waals surface area contributed by atoms with Gasteiger partial charge in [0.15, 0.2) is 0 Å². The summed E-state index contributed by atoms with van der Waals surface area (Å²) in [7, 11) is -0.611. The second kappa shape index (κ2) is 7.83. The molecule has 0 bridgehead atoms. The molecule has 0 radical (unpaired) electrons. The second-order valence-corrected chi connectivity index (χ2v) is 8.06. The quantitative estimate of drug-likeness (QED) is 0.758. The van der Waals surface area contributed by atoms with Crippen LogP contribution in [0.2, 0.25) is 0 Å². The second-order valence-electron chi connectivity index (χ2n) is 5.98. The molecular weight excluding hydrogens is 338 g/mol. The van der Waals surface area contributed by atoms with Gasteiger partial charge in [-0.2, -0.15) is 5.26 Å². The van der Waals surface area contributed by atoms with Crippen molar-refractivity contribution in [3.05, 3.63) is 53.3 Å². The number of hydrogen-bond acceptors (Lipinski definition) is 5. The Hall–Kier alpha value is -2.14. The molecule has 0 aliphatic carbocycles. The number of rotatable bonds is 7. The lowest BCUT2D eigenvalue weighted by atomic mass is 10.0. The van der Waals surface area contributed by atoms with Gasteiger partial charge in [-0.15, -0.1) is 0 Å². The maximum Gasteiger partial charge on any atom is 0.275 e.